The number of nitrogens with one attached hydrogen (secondary N) is 1. The number of ether oxygens (including phenoxy) is 1. The number of hydrogen-bond acceptors (Lipinski definition) is 3. The van der Waals surface area contributed by atoms with Gasteiger partial charge in [-0.05, 0) is 62.6 Å². The van der Waals surface area contributed by atoms with E-state index in [1.54, 1.807) is 0 Å². The molecule has 30 heavy (non-hydrogen) atoms. The first-order valence-electron chi connectivity index (χ1n) is 12.1. The van der Waals surface area contributed by atoms with Gasteiger partial charge in [-0.3, -0.25) is 9.89 Å². The maximum atomic E-state index is 5.72. The highest BCUT2D eigenvalue weighted by atomic mass is 16.5. The summed E-state index contributed by atoms with van der Waals surface area (Å²) in [6, 6.07) is 11.1. The van der Waals surface area contributed by atoms with Crippen LogP contribution >= 0.6 is 0 Å². The Kier molecular flexibility index (Phi) is 7.32. The molecule has 1 aromatic carbocycles. The van der Waals surface area contributed by atoms with Crippen LogP contribution in [0.2, 0.25) is 0 Å². The molecule has 5 nitrogen and oxygen atoms in total. The zero-order valence-electron chi connectivity index (χ0n) is 19.0. The van der Waals surface area contributed by atoms with Crippen LogP contribution in [0.25, 0.3) is 0 Å². The maximum absolute atomic E-state index is 5.72. The highest BCUT2D eigenvalue weighted by molar-refractivity contribution is 5.80. The Hall–Kier alpha value is -1.59. The predicted molar refractivity (Wildman–Crippen MR) is 124 cm³/mol. The second kappa shape index (κ2) is 10.1. The third-order valence-electron chi connectivity index (χ3n) is 7.77. The third-order valence-corrected chi connectivity index (χ3v) is 7.77. The minimum atomic E-state index is 0.233. The molecule has 0 bridgehead atoms. The summed E-state index contributed by atoms with van der Waals surface area (Å²) in [6.07, 6.45) is 7.34. The lowest BCUT2D eigenvalue weighted by atomic mass is 9.79. The van der Waals surface area contributed by atoms with Gasteiger partial charge in [-0.1, -0.05) is 43.7 Å². The van der Waals surface area contributed by atoms with Crippen molar-refractivity contribution in [3.05, 3.63) is 35.9 Å². The normalized spacial score (nSPS) is 27.9. The molecule has 1 aromatic rings. The molecule has 3 aliphatic heterocycles. The van der Waals surface area contributed by atoms with Crippen molar-refractivity contribution in [2.45, 2.75) is 56.9 Å². The molecule has 5 heteroatoms. The van der Waals surface area contributed by atoms with Crippen molar-refractivity contribution in [3.8, 4) is 0 Å². The second-order valence-electron chi connectivity index (χ2n) is 9.35. The summed E-state index contributed by atoms with van der Waals surface area (Å²) in [4.78, 5) is 9.94. The van der Waals surface area contributed by atoms with Crippen molar-refractivity contribution >= 4 is 5.96 Å². The van der Waals surface area contributed by atoms with Crippen LogP contribution in [0, 0.1) is 5.92 Å². The molecular weight excluding hydrogens is 372 g/mol. The number of guanidine groups is 1. The van der Waals surface area contributed by atoms with Crippen LogP contribution in [0.4, 0.5) is 0 Å². The van der Waals surface area contributed by atoms with E-state index in [9.17, 15) is 0 Å². The van der Waals surface area contributed by atoms with Crippen molar-refractivity contribution in [2.75, 3.05) is 53.0 Å². The predicted octanol–water partition coefficient (Wildman–Crippen LogP) is 3.72. The molecule has 4 rings (SSSR count). The zero-order valence-corrected chi connectivity index (χ0v) is 19.0. The molecule has 0 saturated carbocycles. The standard InChI is InChI=1S/C25H40N4O/c1-3-21-19-28(16-11-23(21)22-9-5-4-6-10-22)24(26-2)27-20-25(12-17-30-18-13-25)29-14-7-8-15-29/h4-6,9-10,21,23H,3,7-8,11-20H2,1-2H3,(H,26,27). The molecule has 3 saturated heterocycles. The third kappa shape index (κ3) is 4.67. The van der Waals surface area contributed by atoms with E-state index < -0.39 is 0 Å². The van der Waals surface area contributed by atoms with E-state index in [4.69, 9.17) is 9.73 Å². The molecular formula is C25H40N4O. The van der Waals surface area contributed by atoms with Gasteiger partial charge in [-0.25, -0.2) is 0 Å². The fourth-order valence-electron chi connectivity index (χ4n) is 5.90. The summed E-state index contributed by atoms with van der Waals surface area (Å²) in [6.45, 7) is 9.74. The maximum Gasteiger partial charge on any atom is 0.193 e. The molecule has 3 fully saturated rings. The molecule has 0 aliphatic carbocycles. The molecule has 3 aliphatic rings. The van der Waals surface area contributed by atoms with Gasteiger partial charge in [0.05, 0.1) is 0 Å². The van der Waals surface area contributed by atoms with E-state index in [1.807, 2.05) is 7.05 Å². The largest absolute Gasteiger partial charge is 0.381 e. The van der Waals surface area contributed by atoms with E-state index in [2.05, 4.69) is 52.4 Å². The van der Waals surface area contributed by atoms with Gasteiger partial charge in [0.2, 0.25) is 0 Å². The van der Waals surface area contributed by atoms with Crippen LogP contribution in [0.1, 0.15) is 56.9 Å². The highest BCUT2D eigenvalue weighted by Crippen LogP contribution is 2.35. The molecule has 0 radical (unpaired) electrons. The van der Waals surface area contributed by atoms with Crippen LogP contribution in [0.15, 0.2) is 35.3 Å². The molecule has 3 heterocycles. The molecule has 0 aromatic heterocycles. The van der Waals surface area contributed by atoms with Gasteiger partial charge in [-0.15, -0.1) is 0 Å². The van der Waals surface area contributed by atoms with Gasteiger partial charge < -0.3 is 15.0 Å². The topological polar surface area (TPSA) is 40.1 Å². The van der Waals surface area contributed by atoms with Crippen molar-refractivity contribution < 1.29 is 4.74 Å². The van der Waals surface area contributed by atoms with Crippen LogP contribution in [0.3, 0.4) is 0 Å². The molecule has 2 atom stereocenters. The fraction of sp³-hybridized carbons (Fsp3) is 0.720. The average Bonchev–Trinajstić information content (AvgIpc) is 3.36. The van der Waals surface area contributed by atoms with Gasteiger partial charge in [0.25, 0.3) is 0 Å². The van der Waals surface area contributed by atoms with E-state index in [0.29, 0.717) is 11.8 Å². The summed E-state index contributed by atoms with van der Waals surface area (Å²) >= 11 is 0. The molecule has 166 valence electrons. The summed E-state index contributed by atoms with van der Waals surface area (Å²) in [7, 11) is 1.94. The second-order valence-corrected chi connectivity index (χ2v) is 9.35. The minimum absolute atomic E-state index is 0.233. The zero-order chi connectivity index (χ0) is 20.8. The first-order valence-corrected chi connectivity index (χ1v) is 12.1. The average molecular weight is 413 g/mol. The molecule has 0 amide bonds. The first-order chi connectivity index (χ1) is 14.8. The number of rotatable bonds is 5. The van der Waals surface area contributed by atoms with Crippen LogP contribution in [-0.2, 0) is 4.74 Å². The lowest BCUT2D eigenvalue weighted by Crippen LogP contribution is -2.59. The number of benzene rings is 1. The van der Waals surface area contributed by atoms with Crippen molar-refractivity contribution in [1.29, 1.82) is 0 Å². The van der Waals surface area contributed by atoms with Gasteiger partial charge in [0.15, 0.2) is 5.96 Å². The van der Waals surface area contributed by atoms with Gasteiger partial charge in [-0.2, -0.15) is 0 Å². The van der Waals surface area contributed by atoms with E-state index >= 15 is 0 Å². The van der Waals surface area contributed by atoms with Gasteiger partial charge >= 0.3 is 0 Å². The number of piperidine rings is 1. The Morgan fingerprint density at radius 2 is 1.87 bits per heavy atom. The molecule has 0 spiro atoms. The quantitative estimate of drug-likeness (QED) is 0.591. The number of nitrogens with zero attached hydrogens (tertiary/aromatic N) is 3. The first kappa shape index (κ1) is 21.6. The summed E-state index contributed by atoms with van der Waals surface area (Å²) < 4.78 is 5.72. The van der Waals surface area contributed by atoms with Crippen LogP contribution in [-0.4, -0.2) is 74.3 Å². The van der Waals surface area contributed by atoms with Crippen LogP contribution in [0.5, 0.6) is 0 Å². The Bertz CT molecular complexity index is 680. The van der Waals surface area contributed by atoms with E-state index in [-0.39, 0.29) is 5.54 Å². The molecule has 2 unspecified atom stereocenters. The fourth-order valence-corrected chi connectivity index (χ4v) is 5.90. The Labute approximate surface area is 182 Å². The summed E-state index contributed by atoms with van der Waals surface area (Å²) in [5.74, 6) is 2.43. The van der Waals surface area contributed by atoms with Gasteiger partial charge in [0.1, 0.15) is 0 Å². The summed E-state index contributed by atoms with van der Waals surface area (Å²) in [5, 5.41) is 3.80. The molecule has 1 N–H and O–H groups in total. The Morgan fingerprint density at radius 1 is 1.13 bits per heavy atom. The summed E-state index contributed by atoms with van der Waals surface area (Å²) in [5.41, 5.74) is 1.74. The Balaban J connectivity index is 1.40. The van der Waals surface area contributed by atoms with Crippen molar-refractivity contribution in [2.24, 2.45) is 10.9 Å². The number of aliphatic imine (C=N–C) groups is 1. The minimum Gasteiger partial charge on any atom is -0.381 e. The SMILES string of the molecule is CCC1CN(C(=NC)NCC2(N3CCCC3)CCOCC2)CCC1c1ccccc1. The number of hydrogen-bond donors (Lipinski definition) is 1. The smallest absolute Gasteiger partial charge is 0.193 e. The number of likely N-dealkylation sites (tertiary alicyclic amines) is 2. The highest BCUT2D eigenvalue weighted by Gasteiger charge is 2.40. The lowest BCUT2D eigenvalue weighted by Gasteiger charge is -2.46. The van der Waals surface area contributed by atoms with Crippen LogP contribution < -0.4 is 5.32 Å². The van der Waals surface area contributed by atoms with Gasteiger partial charge in [0, 0.05) is 45.4 Å². The Morgan fingerprint density at radius 3 is 2.53 bits per heavy atom. The van der Waals surface area contributed by atoms with Crippen molar-refractivity contribution in [3.63, 3.8) is 0 Å². The van der Waals surface area contributed by atoms with E-state index in [1.165, 1.54) is 44.3 Å². The van der Waals surface area contributed by atoms with E-state index in [0.717, 1.165) is 51.6 Å². The lowest BCUT2D eigenvalue weighted by molar-refractivity contribution is -0.0167. The monoisotopic (exact) mass is 412 g/mol. The van der Waals surface area contributed by atoms with Crippen molar-refractivity contribution in [1.82, 2.24) is 15.1 Å².